The molecule has 1 saturated carbocycles. The van der Waals surface area contributed by atoms with E-state index in [2.05, 4.69) is 35.9 Å². The van der Waals surface area contributed by atoms with Crippen molar-refractivity contribution in [2.45, 2.75) is 52.1 Å². The first-order chi connectivity index (χ1) is 10.1. The molecule has 1 fully saturated rings. The molecular weight excluding hydrogens is 266 g/mol. The second kappa shape index (κ2) is 10.1. The standard InChI is InChI=1S/C16H33N3O2/c1-5-18(6-2)11-8-12-19(7-3)13-15(16(20)21-4)17-14-9-10-14/h14-15,17H,5-13H2,1-4H3. The Kier molecular flexibility index (Phi) is 8.88. The van der Waals surface area contributed by atoms with Gasteiger partial charge in [-0.1, -0.05) is 20.8 Å². The number of nitrogens with one attached hydrogen (secondary N) is 1. The van der Waals surface area contributed by atoms with Gasteiger partial charge in [0.2, 0.25) is 0 Å². The zero-order valence-corrected chi connectivity index (χ0v) is 14.2. The molecule has 21 heavy (non-hydrogen) atoms. The highest BCUT2D eigenvalue weighted by molar-refractivity contribution is 5.76. The molecule has 0 aromatic rings. The van der Waals surface area contributed by atoms with Crippen LogP contribution in [0, 0.1) is 0 Å². The average molecular weight is 299 g/mol. The number of likely N-dealkylation sites (N-methyl/N-ethyl adjacent to an activating group) is 1. The minimum absolute atomic E-state index is 0.135. The Bertz CT molecular complexity index is 291. The zero-order valence-electron chi connectivity index (χ0n) is 14.2. The van der Waals surface area contributed by atoms with Crippen LogP contribution in [0.1, 0.15) is 40.0 Å². The number of esters is 1. The highest BCUT2D eigenvalue weighted by Crippen LogP contribution is 2.19. The van der Waals surface area contributed by atoms with Gasteiger partial charge in [0.25, 0.3) is 0 Å². The van der Waals surface area contributed by atoms with Gasteiger partial charge in [-0.15, -0.1) is 0 Å². The number of rotatable bonds is 12. The molecule has 124 valence electrons. The molecule has 0 heterocycles. The van der Waals surface area contributed by atoms with Crippen LogP contribution in [0.2, 0.25) is 0 Å². The Labute approximate surface area is 130 Å². The van der Waals surface area contributed by atoms with E-state index in [1.165, 1.54) is 20.0 Å². The molecule has 1 N–H and O–H groups in total. The highest BCUT2D eigenvalue weighted by Gasteiger charge is 2.29. The topological polar surface area (TPSA) is 44.8 Å². The lowest BCUT2D eigenvalue weighted by Crippen LogP contribution is -2.48. The van der Waals surface area contributed by atoms with E-state index >= 15 is 0 Å². The van der Waals surface area contributed by atoms with Crippen LogP contribution < -0.4 is 5.32 Å². The maximum atomic E-state index is 11.9. The Morgan fingerprint density at radius 3 is 2.19 bits per heavy atom. The van der Waals surface area contributed by atoms with Gasteiger partial charge in [-0.3, -0.25) is 4.79 Å². The summed E-state index contributed by atoms with van der Waals surface area (Å²) in [5.41, 5.74) is 0. The third-order valence-corrected chi connectivity index (χ3v) is 4.23. The highest BCUT2D eigenvalue weighted by atomic mass is 16.5. The van der Waals surface area contributed by atoms with Crippen LogP contribution in [0.4, 0.5) is 0 Å². The van der Waals surface area contributed by atoms with Crippen LogP contribution in [0.5, 0.6) is 0 Å². The van der Waals surface area contributed by atoms with Crippen molar-refractivity contribution in [1.29, 1.82) is 0 Å². The number of carbonyl (C=O) groups excluding carboxylic acids is 1. The van der Waals surface area contributed by atoms with Crippen LogP contribution in [0.15, 0.2) is 0 Å². The summed E-state index contributed by atoms with van der Waals surface area (Å²) >= 11 is 0. The Balaban J connectivity index is 2.36. The van der Waals surface area contributed by atoms with E-state index in [1.807, 2.05) is 0 Å². The van der Waals surface area contributed by atoms with Gasteiger partial charge < -0.3 is 19.9 Å². The van der Waals surface area contributed by atoms with Gasteiger partial charge in [0.05, 0.1) is 7.11 Å². The number of carbonyl (C=O) groups is 1. The SMILES string of the molecule is CCN(CC)CCCN(CC)CC(NC1CC1)C(=O)OC. The fraction of sp³-hybridized carbons (Fsp3) is 0.938. The number of hydrogen-bond acceptors (Lipinski definition) is 5. The fourth-order valence-electron chi connectivity index (χ4n) is 2.57. The summed E-state index contributed by atoms with van der Waals surface area (Å²) in [7, 11) is 1.47. The first kappa shape index (κ1) is 18.4. The largest absolute Gasteiger partial charge is 0.468 e. The third kappa shape index (κ3) is 7.25. The normalized spacial score (nSPS) is 16.5. The van der Waals surface area contributed by atoms with Crippen LogP contribution >= 0.6 is 0 Å². The third-order valence-electron chi connectivity index (χ3n) is 4.23. The molecular formula is C16H33N3O2. The molecule has 0 amide bonds. The molecule has 0 aliphatic heterocycles. The summed E-state index contributed by atoms with van der Waals surface area (Å²) in [6.07, 6.45) is 3.51. The van der Waals surface area contributed by atoms with Crippen LogP contribution in [-0.2, 0) is 9.53 Å². The van der Waals surface area contributed by atoms with E-state index in [9.17, 15) is 4.79 Å². The van der Waals surface area contributed by atoms with Crippen molar-refractivity contribution < 1.29 is 9.53 Å². The lowest BCUT2D eigenvalue weighted by Gasteiger charge is -2.27. The smallest absolute Gasteiger partial charge is 0.324 e. The summed E-state index contributed by atoms with van der Waals surface area (Å²) in [5, 5.41) is 3.40. The van der Waals surface area contributed by atoms with Crippen molar-refractivity contribution in [1.82, 2.24) is 15.1 Å². The molecule has 5 heteroatoms. The van der Waals surface area contributed by atoms with Gasteiger partial charge in [0.1, 0.15) is 6.04 Å². The zero-order chi connectivity index (χ0) is 15.7. The average Bonchev–Trinajstić information content (AvgIpc) is 3.32. The number of hydrogen-bond donors (Lipinski definition) is 1. The van der Waals surface area contributed by atoms with Gasteiger partial charge >= 0.3 is 5.97 Å². The molecule has 1 unspecified atom stereocenters. The lowest BCUT2D eigenvalue weighted by atomic mass is 10.2. The van der Waals surface area contributed by atoms with E-state index in [-0.39, 0.29) is 12.0 Å². The molecule has 1 aliphatic rings. The summed E-state index contributed by atoms with van der Waals surface area (Å²) < 4.78 is 4.93. The Morgan fingerprint density at radius 1 is 1.14 bits per heavy atom. The van der Waals surface area contributed by atoms with Crippen molar-refractivity contribution in [2.75, 3.05) is 46.4 Å². The maximum Gasteiger partial charge on any atom is 0.324 e. The first-order valence-electron chi connectivity index (χ1n) is 8.43. The van der Waals surface area contributed by atoms with E-state index in [0.717, 1.165) is 45.7 Å². The van der Waals surface area contributed by atoms with E-state index in [1.54, 1.807) is 0 Å². The predicted molar refractivity (Wildman–Crippen MR) is 86.5 cm³/mol. The summed E-state index contributed by atoms with van der Waals surface area (Å²) in [5.74, 6) is -0.135. The van der Waals surface area contributed by atoms with Crippen molar-refractivity contribution >= 4 is 5.97 Å². The van der Waals surface area contributed by atoms with Crippen molar-refractivity contribution in [3.05, 3.63) is 0 Å². The molecule has 0 bridgehead atoms. The molecule has 1 aliphatic carbocycles. The predicted octanol–water partition coefficient (Wildman–Crippen LogP) is 1.33. The van der Waals surface area contributed by atoms with Gasteiger partial charge in [-0.05, 0) is 52.0 Å². The Morgan fingerprint density at radius 2 is 1.71 bits per heavy atom. The summed E-state index contributed by atoms with van der Waals surface area (Å²) in [6, 6.07) is 0.333. The van der Waals surface area contributed by atoms with Crippen LogP contribution in [0.3, 0.4) is 0 Å². The van der Waals surface area contributed by atoms with Crippen molar-refractivity contribution in [3.63, 3.8) is 0 Å². The fourth-order valence-corrected chi connectivity index (χ4v) is 2.57. The molecule has 0 spiro atoms. The second-order valence-corrected chi connectivity index (χ2v) is 5.79. The first-order valence-corrected chi connectivity index (χ1v) is 8.43. The number of nitrogens with zero attached hydrogens (tertiary/aromatic N) is 2. The van der Waals surface area contributed by atoms with E-state index < -0.39 is 0 Å². The van der Waals surface area contributed by atoms with Gasteiger partial charge in [0, 0.05) is 12.6 Å². The van der Waals surface area contributed by atoms with E-state index in [0.29, 0.717) is 6.04 Å². The molecule has 0 aromatic heterocycles. The number of methoxy groups -OCH3 is 1. The Hall–Kier alpha value is -0.650. The van der Waals surface area contributed by atoms with Crippen molar-refractivity contribution in [2.24, 2.45) is 0 Å². The molecule has 0 aromatic carbocycles. The van der Waals surface area contributed by atoms with Gasteiger partial charge in [0.15, 0.2) is 0 Å². The van der Waals surface area contributed by atoms with Gasteiger partial charge in [-0.25, -0.2) is 0 Å². The minimum Gasteiger partial charge on any atom is -0.468 e. The molecule has 0 radical (unpaired) electrons. The summed E-state index contributed by atoms with van der Waals surface area (Å²) in [4.78, 5) is 16.7. The van der Waals surface area contributed by atoms with E-state index in [4.69, 9.17) is 4.74 Å². The number of ether oxygens (including phenoxy) is 1. The van der Waals surface area contributed by atoms with Crippen LogP contribution in [0.25, 0.3) is 0 Å². The minimum atomic E-state index is -0.184. The quantitative estimate of drug-likeness (QED) is 0.551. The molecule has 0 saturated heterocycles. The molecule has 5 nitrogen and oxygen atoms in total. The molecule has 1 atom stereocenters. The monoisotopic (exact) mass is 299 g/mol. The van der Waals surface area contributed by atoms with Gasteiger partial charge in [-0.2, -0.15) is 0 Å². The maximum absolute atomic E-state index is 11.9. The van der Waals surface area contributed by atoms with Crippen molar-refractivity contribution in [3.8, 4) is 0 Å². The molecule has 1 rings (SSSR count). The lowest BCUT2D eigenvalue weighted by molar-refractivity contribution is -0.143. The van der Waals surface area contributed by atoms with Crippen LogP contribution in [-0.4, -0.2) is 74.2 Å². The summed E-state index contributed by atoms with van der Waals surface area (Å²) in [6.45, 7) is 12.7. The second-order valence-electron chi connectivity index (χ2n) is 5.79.